The average molecular weight is 435 g/mol. The zero-order valence-corrected chi connectivity index (χ0v) is 20.7. The van der Waals surface area contributed by atoms with Gasteiger partial charge in [-0.15, -0.1) is 0 Å². The van der Waals surface area contributed by atoms with Gasteiger partial charge in [-0.3, -0.25) is 9.59 Å². The second-order valence-corrected chi connectivity index (χ2v) is 10.1. The van der Waals surface area contributed by atoms with Crippen molar-refractivity contribution >= 4 is 11.8 Å². The van der Waals surface area contributed by atoms with E-state index in [4.69, 9.17) is 9.47 Å². The van der Waals surface area contributed by atoms with Gasteiger partial charge < -0.3 is 20.1 Å². The fourth-order valence-electron chi connectivity index (χ4n) is 2.77. The van der Waals surface area contributed by atoms with Gasteiger partial charge in [0.05, 0.1) is 13.7 Å². The number of amides is 2. The first kappa shape index (κ1) is 26.8. The lowest BCUT2D eigenvalue weighted by atomic mass is 9.94. The Balaban J connectivity index is 3.01. The Labute approximate surface area is 188 Å². The van der Waals surface area contributed by atoms with Crippen LogP contribution in [0.5, 0.6) is 11.5 Å². The maximum absolute atomic E-state index is 12.6. The third-order valence-electron chi connectivity index (χ3n) is 4.94. The molecule has 0 aliphatic heterocycles. The summed E-state index contributed by atoms with van der Waals surface area (Å²) in [7, 11) is 1.59. The standard InChI is InChI=1S/C25H42N2O4/c1-9-10-11-12-13-16-31-19-15-14-18(17-20(19)30-8)21(26-22(28)24(2,3)4)27-23(29)25(5,6)7/h14-15,17,21H,9-13,16H2,1-8H3,(H,26,28)(H,27,29). The number of hydrogen-bond acceptors (Lipinski definition) is 4. The van der Waals surface area contributed by atoms with Crippen LogP contribution in [0.25, 0.3) is 0 Å². The Morgan fingerprint density at radius 2 is 1.42 bits per heavy atom. The molecule has 0 unspecified atom stereocenters. The first-order chi connectivity index (χ1) is 14.4. The van der Waals surface area contributed by atoms with E-state index >= 15 is 0 Å². The molecule has 0 saturated carbocycles. The molecule has 0 aliphatic carbocycles. The molecule has 2 amide bonds. The van der Waals surface area contributed by atoms with Gasteiger partial charge in [0.15, 0.2) is 11.5 Å². The van der Waals surface area contributed by atoms with Crippen LogP contribution in [0.1, 0.15) is 92.3 Å². The van der Waals surface area contributed by atoms with Gasteiger partial charge >= 0.3 is 0 Å². The largest absolute Gasteiger partial charge is 0.493 e. The van der Waals surface area contributed by atoms with E-state index < -0.39 is 17.0 Å². The van der Waals surface area contributed by atoms with E-state index in [2.05, 4.69) is 17.6 Å². The highest BCUT2D eigenvalue weighted by atomic mass is 16.5. The third-order valence-corrected chi connectivity index (χ3v) is 4.94. The first-order valence-corrected chi connectivity index (χ1v) is 11.3. The topological polar surface area (TPSA) is 76.7 Å². The molecule has 0 aromatic heterocycles. The molecule has 0 fully saturated rings. The van der Waals surface area contributed by atoms with Crippen molar-refractivity contribution in [3.05, 3.63) is 23.8 Å². The molecule has 0 saturated heterocycles. The lowest BCUT2D eigenvalue weighted by Crippen LogP contribution is -2.47. The molecular formula is C25H42N2O4. The molecule has 176 valence electrons. The van der Waals surface area contributed by atoms with Gasteiger partial charge in [-0.1, -0.05) is 80.2 Å². The first-order valence-electron chi connectivity index (χ1n) is 11.3. The fraction of sp³-hybridized carbons (Fsp3) is 0.680. The molecule has 0 atom stereocenters. The molecule has 0 heterocycles. The Morgan fingerprint density at radius 3 is 1.90 bits per heavy atom. The number of hydrogen-bond donors (Lipinski definition) is 2. The Morgan fingerprint density at radius 1 is 0.871 bits per heavy atom. The van der Waals surface area contributed by atoms with E-state index in [1.165, 1.54) is 19.3 Å². The van der Waals surface area contributed by atoms with Gasteiger partial charge in [-0.2, -0.15) is 0 Å². The zero-order chi connectivity index (χ0) is 23.7. The summed E-state index contributed by atoms with van der Waals surface area (Å²) in [6.45, 7) is 13.8. The quantitative estimate of drug-likeness (QED) is 0.363. The van der Waals surface area contributed by atoms with Crippen molar-refractivity contribution in [2.24, 2.45) is 10.8 Å². The number of methoxy groups -OCH3 is 1. The molecular weight excluding hydrogens is 392 g/mol. The second kappa shape index (κ2) is 12.0. The molecule has 0 aliphatic rings. The van der Waals surface area contributed by atoms with E-state index in [0.29, 0.717) is 18.1 Å². The number of unbranched alkanes of at least 4 members (excludes halogenated alkanes) is 4. The summed E-state index contributed by atoms with van der Waals surface area (Å²) in [5.41, 5.74) is -0.451. The number of benzene rings is 1. The van der Waals surface area contributed by atoms with Crippen LogP contribution in [0.2, 0.25) is 0 Å². The van der Waals surface area contributed by atoms with Crippen LogP contribution in [-0.2, 0) is 9.59 Å². The van der Waals surface area contributed by atoms with Crippen molar-refractivity contribution in [3.63, 3.8) is 0 Å². The zero-order valence-electron chi connectivity index (χ0n) is 20.7. The van der Waals surface area contributed by atoms with Crippen molar-refractivity contribution in [1.82, 2.24) is 10.6 Å². The molecule has 6 nitrogen and oxygen atoms in total. The van der Waals surface area contributed by atoms with Gasteiger partial charge in [-0.05, 0) is 24.1 Å². The minimum atomic E-state index is -0.671. The van der Waals surface area contributed by atoms with Gasteiger partial charge in [0.2, 0.25) is 11.8 Å². The average Bonchev–Trinajstić information content (AvgIpc) is 2.68. The van der Waals surface area contributed by atoms with Crippen LogP contribution < -0.4 is 20.1 Å². The molecule has 0 spiro atoms. The van der Waals surface area contributed by atoms with Crippen molar-refractivity contribution < 1.29 is 19.1 Å². The van der Waals surface area contributed by atoms with E-state index in [9.17, 15) is 9.59 Å². The number of nitrogens with one attached hydrogen (secondary N) is 2. The third kappa shape index (κ3) is 9.19. The van der Waals surface area contributed by atoms with Gasteiger partial charge in [0.1, 0.15) is 6.17 Å². The second-order valence-electron chi connectivity index (χ2n) is 10.1. The smallest absolute Gasteiger partial charge is 0.227 e. The fourth-order valence-corrected chi connectivity index (χ4v) is 2.77. The van der Waals surface area contributed by atoms with E-state index in [1.54, 1.807) is 7.11 Å². The molecule has 0 radical (unpaired) electrons. The van der Waals surface area contributed by atoms with Crippen molar-refractivity contribution in [1.29, 1.82) is 0 Å². The minimum absolute atomic E-state index is 0.155. The van der Waals surface area contributed by atoms with E-state index in [-0.39, 0.29) is 11.8 Å². The predicted molar refractivity (Wildman–Crippen MR) is 125 cm³/mol. The van der Waals surface area contributed by atoms with Crippen LogP contribution in [0.15, 0.2) is 18.2 Å². The maximum Gasteiger partial charge on any atom is 0.227 e. The van der Waals surface area contributed by atoms with Crippen molar-refractivity contribution in [2.45, 2.75) is 86.7 Å². The van der Waals surface area contributed by atoms with Crippen LogP contribution in [0, 0.1) is 10.8 Å². The molecule has 1 aromatic carbocycles. The monoisotopic (exact) mass is 434 g/mol. The summed E-state index contributed by atoms with van der Waals surface area (Å²) in [5, 5.41) is 5.90. The highest BCUT2D eigenvalue weighted by Crippen LogP contribution is 2.31. The number of carbonyl (C=O) groups excluding carboxylic acids is 2. The SMILES string of the molecule is CCCCCCCOc1ccc(C(NC(=O)C(C)(C)C)NC(=O)C(C)(C)C)cc1OC. The summed E-state index contributed by atoms with van der Waals surface area (Å²) in [6, 6.07) is 5.49. The number of rotatable bonds is 11. The Kier molecular flexibility index (Phi) is 10.3. The van der Waals surface area contributed by atoms with Crippen LogP contribution in [0.3, 0.4) is 0 Å². The van der Waals surface area contributed by atoms with Crippen LogP contribution in [0.4, 0.5) is 0 Å². The molecule has 31 heavy (non-hydrogen) atoms. The summed E-state index contributed by atoms with van der Waals surface area (Å²) in [6.07, 6.45) is 5.16. The van der Waals surface area contributed by atoms with Gasteiger partial charge in [-0.25, -0.2) is 0 Å². The molecule has 1 aromatic rings. The van der Waals surface area contributed by atoms with Gasteiger partial charge in [0, 0.05) is 10.8 Å². The van der Waals surface area contributed by atoms with E-state index in [0.717, 1.165) is 18.4 Å². The predicted octanol–water partition coefficient (Wildman–Crippen LogP) is 5.37. The Hall–Kier alpha value is -2.24. The molecule has 1 rings (SSSR count). The summed E-state index contributed by atoms with van der Waals surface area (Å²) >= 11 is 0. The molecule has 2 N–H and O–H groups in total. The van der Waals surface area contributed by atoms with Crippen LogP contribution in [-0.4, -0.2) is 25.5 Å². The van der Waals surface area contributed by atoms with Crippen molar-refractivity contribution in [2.75, 3.05) is 13.7 Å². The number of ether oxygens (including phenoxy) is 2. The summed E-state index contributed by atoms with van der Waals surface area (Å²) in [4.78, 5) is 25.3. The molecule has 0 bridgehead atoms. The maximum atomic E-state index is 12.6. The van der Waals surface area contributed by atoms with E-state index in [1.807, 2.05) is 59.7 Å². The lowest BCUT2D eigenvalue weighted by Gasteiger charge is -2.28. The van der Waals surface area contributed by atoms with Gasteiger partial charge in [0.25, 0.3) is 0 Å². The molecule has 6 heteroatoms. The minimum Gasteiger partial charge on any atom is -0.493 e. The lowest BCUT2D eigenvalue weighted by molar-refractivity contribution is -0.132. The van der Waals surface area contributed by atoms with Crippen molar-refractivity contribution in [3.8, 4) is 11.5 Å². The normalized spacial score (nSPS) is 11.9. The van der Waals surface area contributed by atoms with Crippen LogP contribution >= 0.6 is 0 Å². The summed E-state index contributed by atoms with van der Waals surface area (Å²) < 4.78 is 11.4. The summed E-state index contributed by atoms with van der Waals surface area (Å²) in [5.74, 6) is 0.923. The highest BCUT2D eigenvalue weighted by Gasteiger charge is 2.29. The highest BCUT2D eigenvalue weighted by molar-refractivity contribution is 5.84. The number of carbonyl (C=O) groups is 2. The Bertz CT molecular complexity index is 689.